The van der Waals surface area contributed by atoms with Crippen LogP contribution < -0.4 is 10.0 Å². The van der Waals surface area contributed by atoms with Crippen LogP contribution in [0.25, 0.3) is 0 Å². The summed E-state index contributed by atoms with van der Waals surface area (Å²) >= 11 is 0. The lowest BCUT2D eigenvalue weighted by Crippen LogP contribution is -2.25. The number of rotatable bonds is 4. The second kappa shape index (κ2) is 5.11. The van der Waals surface area contributed by atoms with Crippen LogP contribution in [0.3, 0.4) is 0 Å². The highest BCUT2D eigenvalue weighted by Gasteiger charge is 2.34. The van der Waals surface area contributed by atoms with Crippen LogP contribution in [-0.4, -0.2) is 27.0 Å². The average Bonchev–Trinajstić information content (AvgIpc) is 2.27. The van der Waals surface area contributed by atoms with Gasteiger partial charge >= 0.3 is 6.18 Å². The van der Waals surface area contributed by atoms with Crippen molar-refractivity contribution in [3.05, 3.63) is 18.0 Å². The highest BCUT2D eigenvalue weighted by molar-refractivity contribution is 7.89. The van der Waals surface area contributed by atoms with Crippen LogP contribution in [0.15, 0.2) is 17.2 Å². The van der Waals surface area contributed by atoms with Crippen molar-refractivity contribution < 1.29 is 21.6 Å². The van der Waals surface area contributed by atoms with Gasteiger partial charge in [0.15, 0.2) is 0 Å². The minimum Gasteiger partial charge on any atom is -0.386 e. The van der Waals surface area contributed by atoms with Crippen molar-refractivity contribution in [3.63, 3.8) is 0 Å². The van der Waals surface area contributed by atoms with Gasteiger partial charge in [-0.15, -0.1) is 0 Å². The Labute approximate surface area is 102 Å². The molecule has 1 aromatic rings. The molecule has 0 atom stereocenters. The van der Waals surface area contributed by atoms with E-state index in [9.17, 15) is 21.6 Å². The van der Waals surface area contributed by atoms with E-state index in [4.69, 9.17) is 0 Å². The first-order valence-corrected chi connectivity index (χ1v) is 6.45. The third-order valence-corrected chi connectivity index (χ3v) is 3.64. The summed E-state index contributed by atoms with van der Waals surface area (Å²) in [6, 6.07) is 0.504. The molecule has 0 spiro atoms. The minimum atomic E-state index is -4.69. The first-order valence-electron chi connectivity index (χ1n) is 4.97. The monoisotopic (exact) mass is 283 g/mol. The van der Waals surface area contributed by atoms with Crippen molar-refractivity contribution in [3.8, 4) is 0 Å². The Bertz CT molecular complexity index is 528. The predicted octanol–water partition coefficient (Wildman–Crippen LogP) is 1.44. The Balaban J connectivity index is 3.41. The van der Waals surface area contributed by atoms with Crippen LogP contribution in [0.2, 0.25) is 0 Å². The van der Waals surface area contributed by atoms with Crippen molar-refractivity contribution in [2.75, 3.05) is 18.9 Å². The van der Waals surface area contributed by atoms with Crippen LogP contribution in [0.4, 0.5) is 18.9 Å². The van der Waals surface area contributed by atoms with E-state index >= 15 is 0 Å². The quantitative estimate of drug-likeness (QED) is 0.877. The van der Waals surface area contributed by atoms with E-state index in [-0.39, 0.29) is 12.2 Å². The van der Waals surface area contributed by atoms with Gasteiger partial charge in [-0.25, -0.2) is 18.1 Å². The van der Waals surface area contributed by atoms with E-state index in [0.29, 0.717) is 6.07 Å². The summed E-state index contributed by atoms with van der Waals surface area (Å²) in [6.07, 6.45) is -3.85. The van der Waals surface area contributed by atoms with Gasteiger partial charge in [0.05, 0.1) is 11.9 Å². The maximum Gasteiger partial charge on any atom is 0.433 e. The molecule has 0 bridgehead atoms. The maximum absolute atomic E-state index is 12.5. The molecule has 102 valence electrons. The topological polar surface area (TPSA) is 71.1 Å². The number of pyridine rings is 1. The highest BCUT2D eigenvalue weighted by Crippen LogP contribution is 2.31. The molecule has 0 radical (unpaired) electrons. The number of alkyl halides is 3. The first-order chi connectivity index (χ1) is 8.22. The zero-order valence-electron chi connectivity index (χ0n) is 9.67. The second-order valence-corrected chi connectivity index (χ2v) is 5.05. The van der Waals surface area contributed by atoms with Crippen molar-refractivity contribution in [1.82, 2.24) is 9.71 Å². The third kappa shape index (κ3) is 3.10. The lowest BCUT2D eigenvalue weighted by atomic mass is 10.3. The Morgan fingerprint density at radius 1 is 1.39 bits per heavy atom. The van der Waals surface area contributed by atoms with E-state index in [0.717, 1.165) is 6.20 Å². The molecule has 0 aliphatic carbocycles. The summed E-state index contributed by atoms with van der Waals surface area (Å²) in [6.45, 7) is 1.61. The zero-order valence-corrected chi connectivity index (χ0v) is 10.5. The minimum absolute atomic E-state index is 0.00366. The molecular formula is C9H12F3N3O2S. The fourth-order valence-corrected chi connectivity index (χ4v) is 2.52. The molecule has 9 heteroatoms. The Morgan fingerprint density at radius 3 is 2.44 bits per heavy atom. The number of halogens is 3. The number of hydrogen-bond donors (Lipinski definition) is 2. The van der Waals surface area contributed by atoms with Crippen molar-refractivity contribution in [1.29, 1.82) is 0 Å². The fraction of sp³-hybridized carbons (Fsp3) is 0.444. The van der Waals surface area contributed by atoms with Crippen molar-refractivity contribution in [2.24, 2.45) is 0 Å². The number of nitrogens with one attached hydrogen (secondary N) is 2. The van der Waals surface area contributed by atoms with Crippen molar-refractivity contribution >= 4 is 15.7 Å². The summed E-state index contributed by atoms with van der Waals surface area (Å²) in [7, 11) is -2.59. The van der Waals surface area contributed by atoms with Gasteiger partial charge in [-0.2, -0.15) is 13.2 Å². The van der Waals surface area contributed by atoms with E-state index in [1.54, 1.807) is 0 Å². The van der Waals surface area contributed by atoms with Gasteiger partial charge in [0.25, 0.3) is 0 Å². The van der Waals surface area contributed by atoms with Crippen LogP contribution in [0.5, 0.6) is 0 Å². The molecule has 0 unspecified atom stereocenters. The molecule has 0 fully saturated rings. The van der Waals surface area contributed by atoms with E-state index < -0.39 is 26.8 Å². The van der Waals surface area contributed by atoms with Gasteiger partial charge < -0.3 is 5.32 Å². The number of sulfonamides is 1. The molecule has 0 aromatic carbocycles. The highest BCUT2D eigenvalue weighted by atomic mass is 32.2. The number of nitrogens with zero attached hydrogens (tertiary/aromatic N) is 1. The Hall–Kier alpha value is -1.35. The van der Waals surface area contributed by atoms with Crippen LogP contribution in [0, 0.1) is 0 Å². The Morgan fingerprint density at radius 2 is 2.00 bits per heavy atom. The first kappa shape index (κ1) is 14.7. The predicted molar refractivity (Wildman–Crippen MR) is 59.6 cm³/mol. The van der Waals surface area contributed by atoms with E-state index in [1.807, 2.05) is 0 Å². The van der Waals surface area contributed by atoms with Crippen LogP contribution in [-0.2, 0) is 16.2 Å². The molecule has 0 saturated heterocycles. The number of hydrogen-bond acceptors (Lipinski definition) is 4. The van der Waals surface area contributed by atoms with Gasteiger partial charge in [-0.3, -0.25) is 0 Å². The third-order valence-electron chi connectivity index (χ3n) is 2.05. The van der Waals surface area contributed by atoms with Crippen molar-refractivity contribution in [2.45, 2.75) is 18.0 Å². The summed E-state index contributed by atoms with van der Waals surface area (Å²) in [5, 5.41) is 2.49. The smallest absolute Gasteiger partial charge is 0.386 e. The molecule has 2 N–H and O–H groups in total. The lowest BCUT2D eigenvalue weighted by molar-refractivity contribution is -0.141. The zero-order chi connectivity index (χ0) is 14.0. The molecule has 1 aromatic heterocycles. The molecular weight excluding hydrogens is 271 g/mol. The van der Waals surface area contributed by atoms with Gasteiger partial charge in [0.2, 0.25) is 10.0 Å². The Kier molecular flexibility index (Phi) is 4.17. The molecule has 1 heterocycles. The van der Waals surface area contributed by atoms with Gasteiger partial charge in [-0.1, -0.05) is 6.92 Å². The molecule has 1 rings (SSSR count). The molecule has 0 amide bonds. The molecule has 18 heavy (non-hydrogen) atoms. The summed E-state index contributed by atoms with van der Waals surface area (Å²) in [5.41, 5.74) is -1.25. The molecule has 0 aliphatic heterocycles. The summed E-state index contributed by atoms with van der Waals surface area (Å²) in [5.74, 6) is 0. The van der Waals surface area contributed by atoms with Crippen LogP contribution in [0.1, 0.15) is 12.6 Å². The summed E-state index contributed by atoms with van der Waals surface area (Å²) in [4.78, 5) is 2.70. The van der Waals surface area contributed by atoms with Crippen LogP contribution >= 0.6 is 0 Å². The molecule has 0 saturated carbocycles. The number of anilines is 1. The SMILES string of the molecule is CCNS(=O)(=O)c1cc(C(F)(F)F)ncc1NC. The second-order valence-electron chi connectivity index (χ2n) is 3.31. The fourth-order valence-electron chi connectivity index (χ4n) is 1.27. The number of aromatic nitrogens is 1. The standard InChI is InChI=1S/C9H12F3N3O2S/c1-3-15-18(16,17)7-4-8(9(10,11)12)14-5-6(7)13-2/h4-5,13,15H,3H2,1-2H3. The summed E-state index contributed by atoms with van der Waals surface area (Å²) < 4.78 is 63.1. The average molecular weight is 283 g/mol. The maximum atomic E-state index is 12.5. The van der Waals surface area contributed by atoms with Gasteiger partial charge in [-0.05, 0) is 6.07 Å². The lowest BCUT2D eigenvalue weighted by Gasteiger charge is -2.12. The van der Waals surface area contributed by atoms with Gasteiger partial charge in [0.1, 0.15) is 10.6 Å². The molecule has 5 nitrogen and oxygen atoms in total. The largest absolute Gasteiger partial charge is 0.433 e. The van der Waals surface area contributed by atoms with E-state index in [2.05, 4.69) is 15.0 Å². The normalized spacial score (nSPS) is 12.5. The van der Waals surface area contributed by atoms with Gasteiger partial charge in [0, 0.05) is 13.6 Å². The van der Waals surface area contributed by atoms with E-state index in [1.165, 1.54) is 14.0 Å². The molecule has 0 aliphatic rings.